The highest BCUT2D eigenvalue weighted by Gasteiger charge is 2.10. The van der Waals surface area contributed by atoms with Gasteiger partial charge in [-0.1, -0.05) is 18.2 Å². The van der Waals surface area contributed by atoms with Gasteiger partial charge in [0.25, 0.3) is 0 Å². The number of ether oxygens (including phenoxy) is 1. The van der Waals surface area contributed by atoms with Crippen LogP contribution in [0.1, 0.15) is 11.1 Å². The number of methoxy groups -OCH3 is 1. The van der Waals surface area contributed by atoms with Crippen LogP contribution < -0.4 is 4.74 Å². The smallest absolute Gasteiger partial charge is 0.127 e. The molecule has 2 heteroatoms. The normalized spacial score (nSPS) is 10.3. The molecule has 0 aliphatic rings. The van der Waals surface area contributed by atoms with Crippen LogP contribution in [0.2, 0.25) is 0 Å². The topological polar surface area (TPSA) is 29.5 Å². The van der Waals surface area contributed by atoms with Gasteiger partial charge >= 0.3 is 0 Å². The minimum absolute atomic E-state index is 0.268. The summed E-state index contributed by atoms with van der Waals surface area (Å²) in [5.41, 5.74) is 4.32. The molecular formula is C15H16O2. The Hall–Kier alpha value is -1.96. The van der Waals surface area contributed by atoms with Crippen LogP contribution in [0.3, 0.4) is 0 Å². The van der Waals surface area contributed by atoms with Crippen LogP contribution in [-0.4, -0.2) is 12.2 Å². The second kappa shape index (κ2) is 4.50. The lowest BCUT2D eigenvalue weighted by molar-refractivity contribution is 0.416. The number of phenolic OH excluding ortho intramolecular Hbond substituents is 1. The summed E-state index contributed by atoms with van der Waals surface area (Å²) >= 11 is 0. The molecule has 0 radical (unpaired) electrons. The maximum absolute atomic E-state index is 9.54. The zero-order valence-electron chi connectivity index (χ0n) is 10.3. The first kappa shape index (κ1) is 11.5. The van der Waals surface area contributed by atoms with E-state index in [2.05, 4.69) is 13.0 Å². The first-order valence-electron chi connectivity index (χ1n) is 5.56. The molecule has 2 nitrogen and oxygen atoms in total. The summed E-state index contributed by atoms with van der Waals surface area (Å²) in [6.45, 7) is 4.09. The predicted octanol–water partition coefficient (Wildman–Crippen LogP) is 3.68. The second-order valence-corrected chi connectivity index (χ2v) is 4.21. The summed E-state index contributed by atoms with van der Waals surface area (Å²) in [6, 6.07) is 11.3. The number of aryl methyl sites for hydroxylation is 2. The van der Waals surface area contributed by atoms with Gasteiger partial charge in [0.05, 0.1) is 7.11 Å². The molecule has 17 heavy (non-hydrogen) atoms. The zero-order chi connectivity index (χ0) is 12.4. The van der Waals surface area contributed by atoms with Gasteiger partial charge in [-0.05, 0) is 48.7 Å². The summed E-state index contributed by atoms with van der Waals surface area (Å²) < 4.78 is 5.42. The lowest BCUT2D eigenvalue weighted by atomic mass is 9.97. The Morgan fingerprint density at radius 2 is 1.82 bits per heavy atom. The van der Waals surface area contributed by atoms with Crippen LogP contribution in [0, 0.1) is 13.8 Å². The van der Waals surface area contributed by atoms with Gasteiger partial charge in [0.15, 0.2) is 0 Å². The van der Waals surface area contributed by atoms with Crippen molar-refractivity contribution in [1.82, 2.24) is 0 Å². The molecule has 0 saturated carbocycles. The maximum Gasteiger partial charge on any atom is 0.127 e. The molecule has 0 heterocycles. The lowest BCUT2D eigenvalue weighted by Crippen LogP contribution is -1.92. The third-order valence-electron chi connectivity index (χ3n) is 2.80. The Balaban J connectivity index is 2.66. The van der Waals surface area contributed by atoms with Gasteiger partial charge < -0.3 is 9.84 Å². The van der Waals surface area contributed by atoms with Gasteiger partial charge in [-0.2, -0.15) is 0 Å². The van der Waals surface area contributed by atoms with Crippen molar-refractivity contribution >= 4 is 0 Å². The third-order valence-corrected chi connectivity index (χ3v) is 2.80. The first-order chi connectivity index (χ1) is 8.11. The summed E-state index contributed by atoms with van der Waals surface area (Å²) in [5, 5.41) is 9.54. The summed E-state index contributed by atoms with van der Waals surface area (Å²) in [6.07, 6.45) is 0. The van der Waals surface area contributed by atoms with E-state index >= 15 is 0 Å². The number of aromatic hydroxyl groups is 1. The number of hydrogen-bond donors (Lipinski definition) is 1. The molecule has 0 fully saturated rings. The van der Waals surface area contributed by atoms with E-state index in [1.807, 2.05) is 25.1 Å². The van der Waals surface area contributed by atoms with Crippen molar-refractivity contribution < 1.29 is 9.84 Å². The van der Waals surface area contributed by atoms with Gasteiger partial charge in [0, 0.05) is 5.56 Å². The van der Waals surface area contributed by atoms with Crippen LogP contribution in [0.15, 0.2) is 36.4 Å². The van der Waals surface area contributed by atoms with E-state index in [0.29, 0.717) is 0 Å². The largest absolute Gasteiger partial charge is 0.508 e. The standard InChI is InChI=1S/C15H16O2/c1-10-7-11(2)15(14(8-10)17-3)12-5-4-6-13(16)9-12/h4-9,16H,1-3H3. The van der Waals surface area contributed by atoms with Crippen molar-refractivity contribution in [3.63, 3.8) is 0 Å². The molecule has 1 N–H and O–H groups in total. The Labute approximate surface area is 101 Å². The van der Waals surface area contributed by atoms with Crippen molar-refractivity contribution in [2.75, 3.05) is 7.11 Å². The second-order valence-electron chi connectivity index (χ2n) is 4.21. The van der Waals surface area contributed by atoms with E-state index < -0.39 is 0 Å². The van der Waals surface area contributed by atoms with Crippen molar-refractivity contribution in [2.24, 2.45) is 0 Å². The molecule has 0 unspecified atom stereocenters. The molecule has 2 aromatic carbocycles. The van der Waals surface area contributed by atoms with E-state index in [0.717, 1.165) is 22.4 Å². The van der Waals surface area contributed by atoms with Crippen LogP contribution in [0.25, 0.3) is 11.1 Å². The average molecular weight is 228 g/mol. The SMILES string of the molecule is COc1cc(C)cc(C)c1-c1cccc(O)c1. The van der Waals surface area contributed by atoms with Crippen molar-refractivity contribution in [2.45, 2.75) is 13.8 Å². The molecule has 0 amide bonds. The first-order valence-corrected chi connectivity index (χ1v) is 5.56. The highest BCUT2D eigenvalue weighted by molar-refractivity contribution is 5.75. The molecule has 0 aromatic heterocycles. The molecule has 88 valence electrons. The monoisotopic (exact) mass is 228 g/mol. The van der Waals surface area contributed by atoms with Gasteiger partial charge in [-0.3, -0.25) is 0 Å². The Bertz CT molecular complexity index is 545. The number of benzene rings is 2. The van der Waals surface area contributed by atoms with E-state index in [4.69, 9.17) is 4.74 Å². The van der Waals surface area contributed by atoms with Gasteiger partial charge in [-0.15, -0.1) is 0 Å². The van der Waals surface area contributed by atoms with Gasteiger partial charge in [0.2, 0.25) is 0 Å². The quantitative estimate of drug-likeness (QED) is 0.849. The van der Waals surface area contributed by atoms with Gasteiger partial charge in [-0.25, -0.2) is 0 Å². The van der Waals surface area contributed by atoms with Crippen molar-refractivity contribution in [3.8, 4) is 22.6 Å². The lowest BCUT2D eigenvalue weighted by Gasteiger charge is -2.13. The zero-order valence-corrected chi connectivity index (χ0v) is 10.3. The van der Waals surface area contributed by atoms with E-state index in [9.17, 15) is 5.11 Å². The predicted molar refractivity (Wildman–Crippen MR) is 69.6 cm³/mol. The molecule has 0 saturated heterocycles. The number of hydrogen-bond acceptors (Lipinski definition) is 2. The minimum atomic E-state index is 0.268. The number of rotatable bonds is 2. The Morgan fingerprint density at radius 3 is 2.47 bits per heavy atom. The molecule has 0 aliphatic carbocycles. The molecule has 0 spiro atoms. The molecule has 2 aromatic rings. The Kier molecular flexibility index (Phi) is 3.05. The molecule has 0 bridgehead atoms. The summed E-state index contributed by atoms with van der Waals surface area (Å²) in [5.74, 6) is 1.11. The summed E-state index contributed by atoms with van der Waals surface area (Å²) in [7, 11) is 1.67. The maximum atomic E-state index is 9.54. The van der Waals surface area contributed by atoms with Crippen LogP contribution in [-0.2, 0) is 0 Å². The van der Waals surface area contributed by atoms with Crippen LogP contribution in [0.4, 0.5) is 0 Å². The summed E-state index contributed by atoms with van der Waals surface area (Å²) in [4.78, 5) is 0. The minimum Gasteiger partial charge on any atom is -0.508 e. The average Bonchev–Trinajstić information content (AvgIpc) is 2.27. The molecule has 2 rings (SSSR count). The third kappa shape index (κ3) is 2.26. The van der Waals surface area contributed by atoms with E-state index in [1.54, 1.807) is 19.2 Å². The molecular weight excluding hydrogens is 212 g/mol. The van der Waals surface area contributed by atoms with E-state index in [1.165, 1.54) is 5.56 Å². The number of phenols is 1. The highest BCUT2D eigenvalue weighted by atomic mass is 16.5. The Morgan fingerprint density at radius 1 is 1.06 bits per heavy atom. The van der Waals surface area contributed by atoms with Crippen LogP contribution >= 0.6 is 0 Å². The van der Waals surface area contributed by atoms with Crippen LogP contribution in [0.5, 0.6) is 11.5 Å². The highest BCUT2D eigenvalue weighted by Crippen LogP contribution is 2.35. The fourth-order valence-corrected chi connectivity index (χ4v) is 2.12. The fraction of sp³-hybridized carbons (Fsp3) is 0.200. The van der Waals surface area contributed by atoms with E-state index in [-0.39, 0.29) is 5.75 Å². The fourth-order valence-electron chi connectivity index (χ4n) is 2.12. The molecule has 0 aliphatic heterocycles. The van der Waals surface area contributed by atoms with Crippen molar-refractivity contribution in [1.29, 1.82) is 0 Å². The molecule has 0 atom stereocenters. The van der Waals surface area contributed by atoms with Crippen molar-refractivity contribution in [3.05, 3.63) is 47.5 Å². The van der Waals surface area contributed by atoms with Gasteiger partial charge in [0.1, 0.15) is 11.5 Å².